The van der Waals surface area contributed by atoms with E-state index in [1.807, 2.05) is 0 Å². The van der Waals surface area contributed by atoms with Gasteiger partial charge in [-0.1, -0.05) is 40.1 Å². The van der Waals surface area contributed by atoms with Crippen molar-refractivity contribution >= 4 is 23.2 Å². The van der Waals surface area contributed by atoms with Crippen LogP contribution in [-0.4, -0.2) is 28.3 Å². The standard InChI is InChI=1S/C20H15ClF4N4O3/c1-11(28-31-10-14-6-7-15(22)8-16(14)21)9-26-18(30)13-4-2-12(3-5-13)17-27-19(32-29-17)20(23,24)25/h2-8H,9-10H2,1H3,(H,26,30)/b28-11+. The van der Waals surface area contributed by atoms with E-state index >= 15 is 0 Å². The lowest BCUT2D eigenvalue weighted by molar-refractivity contribution is -0.159. The SMILES string of the molecule is C/C(CNC(=O)c1ccc(-c2noc(C(F)(F)F)n2)cc1)=N\OCc1ccc(F)cc1Cl. The van der Waals surface area contributed by atoms with E-state index in [0.717, 1.165) is 6.07 Å². The van der Waals surface area contributed by atoms with E-state index in [2.05, 4.69) is 25.1 Å². The molecule has 0 atom stereocenters. The van der Waals surface area contributed by atoms with Crippen LogP contribution in [0.25, 0.3) is 11.4 Å². The van der Waals surface area contributed by atoms with Crippen LogP contribution in [0.3, 0.4) is 0 Å². The molecular weight excluding hydrogens is 456 g/mol. The molecule has 1 amide bonds. The molecule has 168 valence electrons. The molecule has 0 bridgehead atoms. The molecule has 12 heteroatoms. The summed E-state index contributed by atoms with van der Waals surface area (Å²) >= 11 is 5.90. The Kier molecular flexibility index (Phi) is 7.08. The van der Waals surface area contributed by atoms with Gasteiger partial charge in [-0.05, 0) is 31.2 Å². The van der Waals surface area contributed by atoms with E-state index in [9.17, 15) is 22.4 Å². The van der Waals surface area contributed by atoms with E-state index in [0.29, 0.717) is 11.3 Å². The summed E-state index contributed by atoms with van der Waals surface area (Å²) in [4.78, 5) is 20.7. The van der Waals surface area contributed by atoms with Gasteiger partial charge >= 0.3 is 12.1 Å². The monoisotopic (exact) mass is 470 g/mol. The van der Waals surface area contributed by atoms with Gasteiger partial charge in [-0.25, -0.2) is 4.39 Å². The summed E-state index contributed by atoms with van der Waals surface area (Å²) in [6.45, 7) is 1.74. The lowest BCUT2D eigenvalue weighted by Crippen LogP contribution is -2.28. The first-order valence-corrected chi connectivity index (χ1v) is 9.40. The summed E-state index contributed by atoms with van der Waals surface area (Å²) in [6, 6.07) is 9.51. The predicted octanol–water partition coefficient (Wildman–Crippen LogP) is 4.87. The van der Waals surface area contributed by atoms with E-state index in [1.54, 1.807) is 6.92 Å². The van der Waals surface area contributed by atoms with Gasteiger partial charge in [0.15, 0.2) is 0 Å². The molecule has 0 aliphatic rings. The molecule has 1 heterocycles. The predicted molar refractivity (Wildman–Crippen MR) is 106 cm³/mol. The van der Waals surface area contributed by atoms with Crippen LogP contribution in [0.15, 0.2) is 52.1 Å². The number of hydrogen-bond acceptors (Lipinski definition) is 6. The fourth-order valence-corrected chi connectivity index (χ4v) is 2.64. The summed E-state index contributed by atoms with van der Waals surface area (Å²) < 4.78 is 54.8. The van der Waals surface area contributed by atoms with Crippen LogP contribution in [0.5, 0.6) is 0 Å². The van der Waals surface area contributed by atoms with Gasteiger partial charge in [0.25, 0.3) is 5.91 Å². The van der Waals surface area contributed by atoms with Gasteiger partial charge in [-0.15, -0.1) is 0 Å². The van der Waals surface area contributed by atoms with Gasteiger partial charge in [-0.3, -0.25) is 4.79 Å². The number of carbonyl (C=O) groups excluding carboxylic acids is 1. The van der Waals surface area contributed by atoms with Crippen LogP contribution in [0, 0.1) is 5.82 Å². The number of carbonyl (C=O) groups is 1. The highest BCUT2D eigenvalue weighted by Gasteiger charge is 2.38. The first kappa shape index (κ1) is 23.2. The van der Waals surface area contributed by atoms with Crippen LogP contribution in [-0.2, 0) is 17.6 Å². The zero-order chi connectivity index (χ0) is 23.3. The van der Waals surface area contributed by atoms with Crippen LogP contribution < -0.4 is 5.32 Å². The molecule has 0 aliphatic heterocycles. The van der Waals surface area contributed by atoms with Crippen LogP contribution in [0.2, 0.25) is 5.02 Å². The van der Waals surface area contributed by atoms with Gasteiger partial charge in [0.05, 0.1) is 17.3 Å². The summed E-state index contributed by atoms with van der Waals surface area (Å²) in [5.74, 6) is -2.59. The molecule has 1 aromatic heterocycles. The van der Waals surface area contributed by atoms with Gasteiger partial charge < -0.3 is 14.7 Å². The van der Waals surface area contributed by atoms with Crippen LogP contribution in [0.1, 0.15) is 28.7 Å². The van der Waals surface area contributed by atoms with Gasteiger partial charge in [0, 0.05) is 16.7 Å². The van der Waals surface area contributed by atoms with E-state index in [4.69, 9.17) is 16.4 Å². The summed E-state index contributed by atoms with van der Waals surface area (Å²) in [5.41, 5.74) is 1.53. The second-order valence-electron chi connectivity index (χ2n) is 6.52. The molecule has 3 aromatic rings. The molecule has 0 aliphatic carbocycles. The molecule has 1 N–H and O–H groups in total. The molecule has 2 aromatic carbocycles. The summed E-state index contributed by atoms with van der Waals surface area (Å²) in [7, 11) is 0. The molecule has 0 fully saturated rings. The number of nitrogens with one attached hydrogen (secondary N) is 1. The quantitative estimate of drug-likeness (QED) is 0.302. The molecule has 32 heavy (non-hydrogen) atoms. The van der Waals surface area contributed by atoms with Gasteiger partial charge in [0.2, 0.25) is 5.82 Å². The highest BCUT2D eigenvalue weighted by atomic mass is 35.5. The summed E-state index contributed by atoms with van der Waals surface area (Å²) in [5, 5.41) is 9.98. The molecular formula is C20H15ClF4N4O3. The van der Waals surface area contributed by atoms with Crippen molar-refractivity contribution in [2.75, 3.05) is 6.54 Å². The number of rotatable bonds is 7. The van der Waals surface area contributed by atoms with Crippen molar-refractivity contribution in [1.29, 1.82) is 0 Å². The summed E-state index contributed by atoms with van der Waals surface area (Å²) in [6.07, 6.45) is -4.74. The second kappa shape index (κ2) is 9.77. The largest absolute Gasteiger partial charge is 0.471 e. The number of hydrogen-bond donors (Lipinski definition) is 1. The minimum atomic E-state index is -4.74. The molecule has 0 saturated heterocycles. The molecule has 0 unspecified atom stereocenters. The number of oxime groups is 1. The van der Waals surface area contributed by atoms with E-state index in [-0.39, 0.29) is 35.1 Å². The Balaban J connectivity index is 1.52. The zero-order valence-corrected chi connectivity index (χ0v) is 17.2. The van der Waals surface area contributed by atoms with Crippen molar-refractivity contribution in [3.63, 3.8) is 0 Å². The maximum Gasteiger partial charge on any atom is 0.471 e. The first-order valence-electron chi connectivity index (χ1n) is 9.02. The molecule has 3 rings (SSSR count). The van der Waals surface area contributed by atoms with Crippen molar-refractivity contribution in [2.24, 2.45) is 5.16 Å². The Morgan fingerprint density at radius 2 is 1.94 bits per heavy atom. The third-order valence-electron chi connectivity index (χ3n) is 4.03. The highest BCUT2D eigenvalue weighted by molar-refractivity contribution is 6.31. The number of nitrogens with zero attached hydrogens (tertiary/aromatic N) is 3. The number of aromatic nitrogens is 2. The fraction of sp³-hybridized carbons (Fsp3) is 0.200. The average Bonchev–Trinajstić information content (AvgIpc) is 3.25. The average molecular weight is 471 g/mol. The maximum absolute atomic E-state index is 13.0. The number of benzene rings is 2. The topological polar surface area (TPSA) is 89.6 Å². The minimum Gasteiger partial charge on any atom is -0.391 e. The number of amides is 1. The smallest absolute Gasteiger partial charge is 0.391 e. The van der Waals surface area contributed by atoms with E-state index in [1.165, 1.54) is 36.4 Å². The van der Waals surface area contributed by atoms with Crippen molar-refractivity contribution in [2.45, 2.75) is 19.7 Å². The second-order valence-corrected chi connectivity index (χ2v) is 6.92. The Bertz CT molecular complexity index is 1130. The lowest BCUT2D eigenvalue weighted by atomic mass is 10.1. The van der Waals surface area contributed by atoms with E-state index < -0.39 is 23.8 Å². The van der Waals surface area contributed by atoms with Gasteiger partial charge in [0.1, 0.15) is 12.4 Å². The molecule has 0 saturated carbocycles. The zero-order valence-electron chi connectivity index (χ0n) is 16.4. The fourth-order valence-electron chi connectivity index (χ4n) is 2.42. The van der Waals surface area contributed by atoms with Crippen LogP contribution >= 0.6 is 11.6 Å². The molecule has 0 radical (unpaired) electrons. The number of alkyl halides is 3. The molecule has 7 nitrogen and oxygen atoms in total. The highest BCUT2D eigenvalue weighted by Crippen LogP contribution is 2.29. The minimum absolute atomic E-state index is 0.0258. The first-order chi connectivity index (χ1) is 15.1. The molecule has 0 spiro atoms. The van der Waals surface area contributed by atoms with Gasteiger partial charge in [-0.2, -0.15) is 18.2 Å². The van der Waals surface area contributed by atoms with Crippen molar-refractivity contribution < 1.29 is 31.7 Å². The normalized spacial score (nSPS) is 12.0. The Morgan fingerprint density at radius 1 is 1.22 bits per heavy atom. The van der Waals surface area contributed by atoms with Crippen LogP contribution in [0.4, 0.5) is 17.6 Å². The third-order valence-corrected chi connectivity index (χ3v) is 4.39. The van der Waals surface area contributed by atoms with Crippen molar-refractivity contribution in [1.82, 2.24) is 15.5 Å². The lowest BCUT2D eigenvalue weighted by Gasteiger charge is -2.07. The van der Waals surface area contributed by atoms with Crippen molar-refractivity contribution in [3.05, 3.63) is 70.3 Å². The Labute approximate surface area is 184 Å². The Morgan fingerprint density at radius 3 is 2.56 bits per heavy atom. The maximum atomic E-state index is 13.0. The van der Waals surface area contributed by atoms with Crippen molar-refractivity contribution in [3.8, 4) is 11.4 Å². The Hall–Kier alpha value is -3.47. The third kappa shape index (κ3) is 6.03. The number of halogens is 5.